The summed E-state index contributed by atoms with van der Waals surface area (Å²) in [5.74, 6) is 0. The summed E-state index contributed by atoms with van der Waals surface area (Å²) in [7, 11) is 0. The van der Waals surface area contributed by atoms with Crippen LogP contribution in [0.1, 0.15) is 0 Å². The molecular weight excluding hydrogens is 219 g/mol. The average Bonchev–Trinajstić information content (AvgIpc) is 1.69. The Bertz CT molecular complexity index is 142. The van der Waals surface area contributed by atoms with E-state index < -0.39 is 0 Å². The van der Waals surface area contributed by atoms with Crippen LogP contribution in [-0.2, 0) is 19.5 Å². The van der Waals surface area contributed by atoms with Crippen molar-refractivity contribution in [1.82, 2.24) is 4.98 Å². The molecule has 0 radical (unpaired) electrons. The van der Waals surface area contributed by atoms with E-state index in [9.17, 15) is 0 Å². The van der Waals surface area contributed by atoms with E-state index in [0.717, 1.165) is 4.47 Å². The van der Waals surface area contributed by atoms with Gasteiger partial charge in [0.25, 0.3) is 0 Å². The van der Waals surface area contributed by atoms with E-state index in [2.05, 4.69) is 27.1 Å². The third-order valence-corrected chi connectivity index (χ3v) is 1.02. The van der Waals surface area contributed by atoms with Crippen molar-refractivity contribution < 1.29 is 19.5 Å². The third kappa shape index (κ3) is 2.53. The summed E-state index contributed by atoms with van der Waals surface area (Å²) >= 11 is 3.19. The molecule has 0 aliphatic carbocycles. The number of halogens is 1. The van der Waals surface area contributed by atoms with E-state index >= 15 is 0 Å². The fourth-order valence-corrected chi connectivity index (χ4v) is 0.562. The van der Waals surface area contributed by atoms with Gasteiger partial charge in [0.05, 0.1) is 0 Å². The minimum atomic E-state index is 0. The number of aromatic nitrogens is 1. The van der Waals surface area contributed by atoms with Crippen LogP contribution in [0.5, 0.6) is 0 Å². The van der Waals surface area contributed by atoms with Crippen molar-refractivity contribution in [3.8, 4) is 0 Å². The molecule has 1 aromatic heterocycles. The van der Waals surface area contributed by atoms with Crippen molar-refractivity contribution in [2.75, 3.05) is 0 Å². The Morgan fingerprint density at radius 2 is 2.38 bits per heavy atom. The number of rotatable bonds is 0. The van der Waals surface area contributed by atoms with Crippen LogP contribution in [0.4, 0.5) is 0 Å². The molecule has 0 fully saturated rings. The van der Waals surface area contributed by atoms with Crippen molar-refractivity contribution in [1.29, 1.82) is 0 Å². The first kappa shape index (κ1) is 8.25. The average molecular weight is 222 g/mol. The van der Waals surface area contributed by atoms with Crippen LogP contribution in [0.15, 0.2) is 22.8 Å². The standard InChI is InChI=1S/C5H3BrN.Zn/c6-5-2-1-3-7-4-5;/h1-3H;/q-1;. The molecule has 3 heteroatoms. The molecule has 1 aromatic rings. The topological polar surface area (TPSA) is 12.9 Å². The van der Waals surface area contributed by atoms with E-state index in [-0.39, 0.29) is 19.5 Å². The van der Waals surface area contributed by atoms with Gasteiger partial charge in [0.15, 0.2) is 0 Å². The first-order valence-corrected chi connectivity index (χ1v) is 2.67. The van der Waals surface area contributed by atoms with Gasteiger partial charge in [0, 0.05) is 19.5 Å². The second-order valence-corrected chi connectivity index (χ2v) is 1.95. The molecule has 0 saturated carbocycles. The molecule has 0 unspecified atom stereocenters. The zero-order valence-corrected chi connectivity index (χ0v) is 8.82. The van der Waals surface area contributed by atoms with Crippen LogP contribution >= 0.6 is 15.9 Å². The first-order valence-electron chi connectivity index (χ1n) is 1.88. The van der Waals surface area contributed by atoms with Crippen LogP contribution in [-0.4, -0.2) is 4.98 Å². The Kier molecular flexibility index (Phi) is 4.30. The fraction of sp³-hybridized carbons (Fsp3) is 0. The SMILES string of the molecule is Brc1[c-]nccc1.[Zn]. The summed E-state index contributed by atoms with van der Waals surface area (Å²) in [6.07, 6.45) is 4.38. The molecule has 0 bridgehead atoms. The normalized spacial score (nSPS) is 7.62. The maximum Gasteiger partial charge on any atom is 0 e. The predicted molar refractivity (Wildman–Crippen MR) is 30.8 cm³/mol. The summed E-state index contributed by atoms with van der Waals surface area (Å²) in [6, 6.07) is 3.73. The summed E-state index contributed by atoms with van der Waals surface area (Å²) in [4.78, 5) is 3.71. The molecular formula is C5H3BrNZn-. The Hall–Kier alpha value is 0.253. The molecule has 38 valence electrons. The van der Waals surface area contributed by atoms with Gasteiger partial charge in [-0.3, -0.25) is 0 Å². The summed E-state index contributed by atoms with van der Waals surface area (Å²) in [6.45, 7) is 0. The van der Waals surface area contributed by atoms with E-state index in [0.29, 0.717) is 0 Å². The predicted octanol–water partition coefficient (Wildman–Crippen LogP) is 1.64. The molecule has 8 heavy (non-hydrogen) atoms. The van der Waals surface area contributed by atoms with Gasteiger partial charge in [-0.05, 0) is 0 Å². The van der Waals surface area contributed by atoms with Gasteiger partial charge in [-0.25, -0.2) is 0 Å². The smallest absolute Gasteiger partial charge is 0 e. The molecule has 0 aliphatic heterocycles. The van der Waals surface area contributed by atoms with Crippen molar-refractivity contribution in [2.45, 2.75) is 0 Å². The maximum absolute atomic E-state index is 3.71. The van der Waals surface area contributed by atoms with Crippen molar-refractivity contribution in [2.24, 2.45) is 0 Å². The Morgan fingerprint density at radius 3 is 2.62 bits per heavy atom. The zero-order chi connectivity index (χ0) is 5.11. The van der Waals surface area contributed by atoms with Gasteiger partial charge >= 0.3 is 0 Å². The molecule has 1 nitrogen and oxygen atoms in total. The van der Waals surface area contributed by atoms with Crippen LogP contribution < -0.4 is 0 Å². The molecule has 0 amide bonds. The van der Waals surface area contributed by atoms with Gasteiger partial charge in [-0.15, -0.1) is 0 Å². The zero-order valence-electron chi connectivity index (χ0n) is 4.26. The van der Waals surface area contributed by atoms with Gasteiger partial charge in [-0.2, -0.15) is 12.1 Å². The summed E-state index contributed by atoms with van der Waals surface area (Å²) in [5, 5.41) is 0. The molecule has 0 aromatic carbocycles. The van der Waals surface area contributed by atoms with E-state index in [1.54, 1.807) is 6.20 Å². The Labute approximate surface area is 69.4 Å². The Balaban J connectivity index is 0.000000490. The quantitative estimate of drug-likeness (QED) is 0.480. The van der Waals surface area contributed by atoms with Crippen LogP contribution in [0.2, 0.25) is 0 Å². The van der Waals surface area contributed by atoms with Gasteiger partial charge in [-0.1, -0.05) is 32.8 Å². The third-order valence-electron chi connectivity index (χ3n) is 0.575. The van der Waals surface area contributed by atoms with Crippen molar-refractivity contribution in [3.05, 3.63) is 29.0 Å². The van der Waals surface area contributed by atoms with E-state index in [4.69, 9.17) is 0 Å². The molecule has 0 atom stereocenters. The number of hydrogen-bond acceptors (Lipinski definition) is 1. The summed E-state index contributed by atoms with van der Waals surface area (Å²) in [5.41, 5.74) is 0. The maximum atomic E-state index is 3.71. The minimum absolute atomic E-state index is 0. The molecule has 1 heterocycles. The second kappa shape index (κ2) is 4.16. The number of hydrogen-bond donors (Lipinski definition) is 0. The molecule has 1 rings (SSSR count). The molecule has 0 saturated heterocycles. The van der Waals surface area contributed by atoms with E-state index in [1.807, 2.05) is 12.1 Å². The number of nitrogens with zero attached hydrogens (tertiary/aromatic N) is 1. The van der Waals surface area contributed by atoms with Crippen LogP contribution in [0.3, 0.4) is 0 Å². The molecule has 0 spiro atoms. The monoisotopic (exact) mass is 220 g/mol. The van der Waals surface area contributed by atoms with Crippen LogP contribution in [0, 0.1) is 6.20 Å². The van der Waals surface area contributed by atoms with Crippen LogP contribution in [0.25, 0.3) is 0 Å². The molecule has 0 aliphatic rings. The second-order valence-electron chi connectivity index (χ2n) is 1.10. The first-order chi connectivity index (χ1) is 3.39. The molecule has 0 N–H and O–H groups in total. The van der Waals surface area contributed by atoms with Crippen molar-refractivity contribution in [3.63, 3.8) is 0 Å². The van der Waals surface area contributed by atoms with E-state index in [1.165, 1.54) is 0 Å². The van der Waals surface area contributed by atoms with Crippen molar-refractivity contribution >= 4 is 15.9 Å². The van der Waals surface area contributed by atoms with Gasteiger partial charge in [0.1, 0.15) is 0 Å². The summed E-state index contributed by atoms with van der Waals surface area (Å²) < 4.78 is 0.898. The number of pyridine rings is 1. The van der Waals surface area contributed by atoms with Gasteiger partial charge in [0.2, 0.25) is 0 Å². The van der Waals surface area contributed by atoms with Gasteiger partial charge < -0.3 is 4.98 Å². The Morgan fingerprint density at radius 1 is 1.62 bits per heavy atom. The largest absolute Gasteiger partial charge is 0.393 e. The minimum Gasteiger partial charge on any atom is -0.393 e. The fourth-order valence-electron chi connectivity index (χ4n) is 0.307.